The van der Waals surface area contributed by atoms with Gasteiger partial charge in [0.15, 0.2) is 6.61 Å². The van der Waals surface area contributed by atoms with Gasteiger partial charge >= 0.3 is 5.97 Å². The number of ether oxygens (including phenoxy) is 2. The number of benzene rings is 1. The van der Waals surface area contributed by atoms with Gasteiger partial charge in [0, 0.05) is 52.3 Å². The van der Waals surface area contributed by atoms with E-state index in [1.807, 2.05) is 24.3 Å². The van der Waals surface area contributed by atoms with Crippen LogP contribution in [-0.4, -0.2) is 84.3 Å². The third-order valence-electron chi connectivity index (χ3n) is 6.13. The Morgan fingerprint density at radius 1 is 1.25 bits per heavy atom. The molecule has 200 valence electrons. The number of aliphatic hydroxyl groups excluding tert-OH is 2. The molecule has 0 radical (unpaired) electrons. The highest BCUT2D eigenvalue weighted by Gasteiger charge is 2.39. The fraction of sp³-hybridized carbons (Fsp3) is 0.593. The van der Waals surface area contributed by atoms with E-state index in [9.17, 15) is 24.6 Å². The third kappa shape index (κ3) is 10.4. The van der Waals surface area contributed by atoms with Crippen LogP contribution in [0.1, 0.15) is 36.8 Å². The van der Waals surface area contributed by atoms with E-state index in [-0.39, 0.29) is 43.0 Å². The van der Waals surface area contributed by atoms with E-state index < -0.39 is 18.2 Å². The molecule has 1 aliphatic rings. The second-order valence-corrected chi connectivity index (χ2v) is 10.5. The van der Waals surface area contributed by atoms with Gasteiger partial charge in [0.25, 0.3) is 5.91 Å². The highest BCUT2D eigenvalue weighted by atomic mass is 32.2. The van der Waals surface area contributed by atoms with Crippen LogP contribution in [0, 0.1) is 11.8 Å². The Kier molecular flexibility index (Phi) is 13.2. The maximum absolute atomic E-state index is 12.4. The molecule has 1 fully saturated rings. The Hall–Kier alpha value is -2.20. The highest BCUT2D eigenvalue weighted by Crippen LogP contribution is 2.34. The number of Topliss-reactive ketones (excluding diaryl/α,β-unsaturated/α-hetero) is 1. The van der Waals surface area contributed by atoms with E-state index >= 15 is 0 Å². The lowest BCUT2D eigenvalue weighted by Gasteiger charge is -2.18. The number of rotatable bonds is 15. The fourth-order valence-electron chi connectivity index (χ4n) is 4.15. The van der Waals surface area contributed by atoms with Crippen molar-refractivity contribution in [1.82, 2.24) is 4.90 Å². The van der Waals surface area contributed by atoms with Crippen molar-refractivity contribution in [3.63, 3.8) is 0 Å². The average molecular weight is 522 g/mol. The van der Waals surface area contributed by atoms with E-state index in [0.29, 0.717) is 25.9 Å². The zero-order valence-corrected chi connectivity index (χ0v) is 22.2. The molecule has 1 aromatic rings. The van der Waals surface area contributed by atoms with Crippen LogP contribution in [0.4, 0.5) is 0 Å². The summed E-state index contributed by atoms with van der Waals surface area (Å²) >= 11 is 1.65. The van der Waals surface area contributed by atoms with Crippen molar-refractivity contribution in [3.8, 4) is 0 Å². The molecule has 36 heavy (non-hydrogen) atoms. The largest absolute Gasteiger partial charge is 0.456 e. The fourth-order valence-corrected chi connectivity index (χ4v) is 5.12. The van der Waals surface area contributed by atoms with Crippen molar-refractivity contribution >= 4 is 29.4 Å². The molecule has 0 spiro atoms. The van der Waals surface area contributed by atoms with Crippen LogP contribution < -0.4 is 0 Å². The summed E-state index contributed by atoms with van der Waals surface area (Å²) in [6, 6.07) is 7.85. The van der Waals surface area contributed by atoms with E-state index in [0.717, 1.165) is 22.6 Å². The molecule has 0 aliphatic heterocycles. The van der Waals surface area contributed by atoms with Gasteiger partial charge in [0.1, 0.15) is 5.78 Å². The number of hydrogen-bond donors (Lipinski definition) is 2. The summed E-state index contributed by atoms with van der Waals surface area (Å²) in [5, 5.41) is 20.9. The quantitative estimate of drug-likeness (QED) is 0.206. The van der Waals surface area contributed by atoms with Crippen molar-refractivity contribution in [3.05, 3.63) is 47.5 Å². The van der Waals surface area contributed by atoms with Gasteiger partial charge in [-0.3, -0.25) is 14.4 Å². The molecule has 0 aromatic heterocycles. The minimum Gasteiger partial charge on any atom is -0.456 e. The van der Waals surface area contributed by atoms with Gasteiger partial charge in [-0.2, -0.15) is 11.8 Å². The Morgan fingerprint density at radius 2 is 2.00 bits per heavy atom. The van der Waals surface area contributed by atoms with E-state index in [2.05, 4.69) is 0 Å². The Balaban J connectivity index is 1.73. The smallest absolute Gasteiger partial charge is 0.306 e. The van der Waals surface area contributed by atoms with Crippen molar-refractivity contribution < 1.29 is 34.1 Å². The highest BCUT2D eigenvalue weighted by molar-refractivity contribution is 7.99. The predicted octanol–water partition coefficient (Wildman–Crippen LogP) is 2.39. The summed E-state index contributed by atoms with van der Waals surface area (Å²) in [4.78, 5) is 37.0. The monoisotopic (exact) mass is 521 g/mol. The van der Waals surface area contributed by atoms with Gasteiger partial charge in [-0.25, -0.2) is 0 Å². The number of amides is 1. The average Bonchev–Trinajstić information content (AvgIpc) is 3.10. The third-order valence-corrected chi connectivity index (χ3v) is 7.24. The molecule has 4 unspecified atom stereocenters. The molecule has 0 saturated heterocycles. The van der Waals surface area contributed by atoms with Crippen LogP contribution in [0.2, 0.25) is 0 Å². The summed E-state index contributed by atoms with van der Waals surface area (Å²) in [5.41, 5.74) is 2.03. The minimum atomic E-state index is -0.736. The maximum Gasteiger partial charge on any atom is 0.306 e. The normalized spacial score (nSPS) is 20.6. The van der Waals surface area contributed by atoms with Gasteiger partial charge < -0.3 is 24.6 Å². The molecule has 8 nitrogen and oxygen atoms in total. The van der Waals surface area contributed by atoms with E-state index in [4.69, 9.17) is 9.47 Å². The maximum atomic E-state index is 12.4. The predicted molar refractivity (Wildman–Crippen MR) is 139 cm³/mol. The first-order valence-corrected chi connectivity index (χ1v) is 13.4. The number of ketones is 1. The standard InChI is InChI=1S/C27H39NO7S/c1-28(2)26(32)18-35-27(33)8-5-12-36-13-11-23-22(24(30)16-25(23)31)10-9-21(29)15-19-6-4-7-20(14-19)17-34-3/h4,6-7,9-10,14,21-24,29-30H,5,8,11-13,15-18H2,1-3H3. The summed E-state index contributed by atoms with van der Waals surface area (Å²) in [6.07, 6.45) is 4.10. The lowest BCUT2D eigenvalue weighted by molar-refractivity contribution is -0.151. The van der Waals surface area contributed by atoms with Gasteiger partial charge in [-0.05, 0) is 35.5 Å². The second-order valence-electron chi connectivity index (χ2n) is 9.28. The first-order valence-electron chi connectivity index (χ1n) is 12.3. The molecule has 0 bridgehead atoms. The topological polar surface area (TPSA) is 113 Å². The zero-order valence-electron chi connectivity index (χ0n) is 21.4. The number of likely N-dealkylation sites (N-methyl/N-ethyl adjacent to an activating group) is 1. The zero-order chi connectivity index (χ0) is 26.5. The number of methoxy groups -OCH3 is 1. The first-order chi connectivity index (χ1) is 17.2. The van der Waals surface area contributed by atoms with Gasteiger partial charge in [0.05, 0.1) is 18.8 Å². The number of thioether (sulfide) groups is 1. The molecular weight excluding hydrogens is 482 g/mol. The van der Waals surface area contributed by atoms with Crippen LogP contribution in [-0.2, 0) is 36.9 Å². The first kappa shape index (κ1) is 30.0. The van der Waals surface area contributed by atoms with Crippen LogP contribution >= 0.6 is 11.8 Å². The summed E-state index contributed by atoms with van der Waals surface area (Å²) in [5.74, 6) is 0.286. The molecule has 4 atom stereocenters. The molecule has 2 rings (SSSR count). The lowest BCUT2D eigenvalue weighted by Crippen LogP contribution is -2.27. The summed E-state index contributed by atoms with van der Waals surface area (Å²) < 4.78 is 10.1. The van der Waals surface area contributed by atoms with Crippen molar-refractivity contribution in [2.75, 3.05) is 39.3 Å². The Morgan fingerprint density at radius 3 is 2.72 bits per heavy atom. The van der Waals surface area contributed by atoms with Gasteiger partial charge in [-0.15, -0.1) is 0 Å². The molecule has 2 N–H and O–H groups in total. The van der Waals surface area contributed by atoms with Crippen LogP contribution in [0.25, 0.3) is 0 Å². The Labute approximate surface area is 218 Å². The molecule has 1 aromatic carbocycles. The molecular formula is C27H39NO7S. The number of esters is 1. The van der Waals surface area contributed by atoms with Crippen molar-refractivity contribution in [1.29, 1.82) is 0 Å². The number of carbonyl (C=O) groups excluding carboxylic acids is 3. The molecule has 1 aliphatic carbocycles. The van der Waals surface area contributed by atoms with Crippen LogP contribution in [0.3, 0.4) is 0 Å². The number of nitrogens with zero attached hydrogens (tertiary/aromatic N) is 1. The van der Waals surface area contributed by atoms with Crippen LogP contribution in [0.15, 0.2) is 36.4 Å². The second kappa shape index (κ2) is 15.8. The number of aliphatic hydroxyl groups is 2. The molecule has 1 saturated carbocycles. The Bertz CT molecular complexity index is 889. The SMILES string of the molecule is COCc1cccc(CC(O)C=CC2C(O)CC(=O)C2CCSCCCC(=O)OCC(=O)N(C)C)c1. The summed E-state index contributed by atoms with van der Waals surface area (Å²) in [7, 11) is 4.85. The van der Waals surface area contributed by atoms with Crippen molar-refractivity contribution in [2.45, 2.75) is 50.9 Å². The lowest BCUT2D eigenvalue weighted by atomic mass is 9.91. The van der Waals surface area contributed by atoms with Crippen LogP contribution in [0.5, 0.6) is 0 Å². The molecule has 1 amide bonds. The number of carbonyl (C=O) groups is 3. The molecule has 0 heterocycles. The molecule has 9 heteroatoms. The summed E-state index contributed by atoms with van der Waals surface area (Å²) in [6.45, 7) is 0.270. The van der Waals surface area contributed by atoms with Crippen molar-refractivity contribution in [2.24, 2.45) is 11.8 Å². The van der Waals surface area contributed by atoms with Gasteiger partial charge in [-0.1, -0.05) is 36.4 Å². The van der Waals surface area contributed by atoms with Gasteiger partial charge in [0.2, 0.25) is 0 Å². The minimum absolute atomic E-state index is 0.0497. The number of hydrogen-bond acceptors (Lipinski definition) is 8. The van der Waals surface area contributed by atoms with E-state index in [1.165, 1.54) is 4.90 Å². The van der Waals surface area contributed by atoms with E-state index in [1.54, 1.807) is 45.1 Å².